The second kappa shape index (κ2) is 18.4. The van der Waals surface area contributed by atoms with E-state index in [9.17, 15) is 8.42 Å². The molecule has 0 saturated carbocycles. The SMILES string of the molecule is CCNc1nc(S(C)(=O)=O)ncc1Cc1cc(OC)c(C)cc1C(C)C.CCNc1nc(SC)ncc1Cc1cc(OC)c(C)cc1C(C)C. The Morgan fingerprint density at radius 1 is 0.720 bits per heavy atom. The van der Waals surface area contributed by atoms with Gasteiger partial charge in [0.05, 0.1) is 14.2 Å². The number of rotatable bonds is 14. The minimum atomic E-state index is -3.45. The maximum Gasteiger partial charge on any atom is 0.248 e. The number of nitrogens with one attached hydrogen (secondary N) is 2. The third-order valence-corrected chi connectivity index (χ3v) is 9.63. The van der Waals surface area contributed by atoms with Crippen molar-refractivity contribution in [2.75, 3.05) is 50.5 Å². The van der Waals surface area contributed by atoms with Crippen LogP contribution in [0, 0.1) is 13.8 Å². The summed E-state index contributed by atoms with van der Waals surface area (Å²) >= 11 is 1.56. The van der Waals surface area contributed by atoms with Crippen LogP contribution in [0.5, 0.6) is 11.5 Å². The summed E-state index contributed by atoms with van der Waals surface area (Å²) in [6.45, 7) is 18.4. The van der Waals surface area contributed by atoms with Crippen LogP contribution >= 0.6 is 11.8 Å². The van der Waals surface area contributed by atoms with Crippen LogP contribution in [0.3, 0.4) is 0 Å². The lowest BCUT2D eigenvalue weighted by atomic mass is 9.91. The Balaban J connectivity index is 0.000000271. The average molecular weight is 723 g/mol. The van der Waals surface area contributed by atoms with Crippen molar-refractivity contribution in [2.45, 2.75) is 90.4 Å². The van der Waals surface area contributed by atoms with Gasteiger partial charge in [0.2, 0.25) is 15.0 Å². The minimum absolute atomic E-state index is 0.164. The largest absolute Gasteiger partial charge is 0.496 e. The molecule has 0 bridgehead atoms. The van der Waals surface area contributed by atoms with Gasteiger partial charge in [-0.2, -0.15) is 0 Å². The molecule has 4 rings (SSSR count). The van der Waals surface area contributed by atoms with Crippen molar-refractivity contribution in [3.05, 3.63) is 81.2 Å². The second-order valence-corrected chi connectivity index (χ2v) is 15.5. The van der Waals surface area contributed by atoms with Crippen LogP contribution in [0.25, 0.3) is 0 Å². The molecular weight excluding hydrogens is 669 g/mol. The normalized spacial score (nSPS) is 11.3. The van der Waals surface area contributed by atoms with Gasteiger partial charge in [-0.05, 0) is 91.3 Å². The molecule has 2 aromatic heterocycles. The van der Waals surface area contributed by atoms with Crippen LogP contribution in [0.2, 0.25) is 0 Å². The Morgan fingerprint density at radius 3 is 1.54 bits per heavy atom. The first kappa shape index (κ1) is 40.5. The zero-order valence-electron chi connectivity index (χ0n) is 31.7. The van der Waals surface area contributed by atoms with E-state index in [2.05, 4.69) is 90.3 Å². The van der Waals surface area contributed by atoms with E-state index in [4.69, 9.17) is 9.47 Å². The smallest absolute Gasteiger partial charge is 0.248 e. The monoisotopic (exact) mass is 722 g/mol. The van der Waals surface area contributed by atoms with Crippen LogP contribution in [0.4, 0.5) is 11.6 Å². The summed E-state index contributed by atoms with van der Waals surface area (Å²) in [6, 6.07) is 8.59. The summed E-state index contributed by atoms with van der Waals surface area (Å²) in [5.41, 5.74) is 9.21. The van der Waals surface area contributed by atoms with E-state index in [0.29, 0.717) is 30.6 Å². The van der Waals surface area contributed by atoms with Crippen molar-refractivity contribution in [1.29, 1.82) is 0 Å². The molecule has 4 aromatic rings. The number of nitrogens with zero attached hydrogens (tertiary/aromatic N) is 4. The highest BCUT2D eigenvalue weighted by atomic mass is 32.2. The van der Waals surface area contributed by atoms with Gasteiger partial charge in [0.1, 0.15) is 23.1 Å². The molecule has 10 nitrogen and oxygen atoms in total. The molecule has 0 atom stereocenters. The Bertz CT molecular complexity index is 1860. The van der Waals surface area contributed by atoms with Crippen molar-refractivity contribution in [1.82, 2.24) is 19.9 Å². The predicted molar refractivity (Wildman–Crippen MR) is 207 cm³/mol. The van der Waals surface area contributed by atoms with Gasteiger partial charge in [0, 0.05) is 55.7 Å². The minimum Gasteiger partial charge on any atom is -0.496 e. The molecule has 0 saturated heterocycles. The summed E-state index contributed by atoms with van der Waals surface area (Å²) in [7, 11) is -0.0676. The summed E-state index contributed by atoms with van der Waals surface area (Å²) in [5.74, 6) is 4.05. The highest BCUT2D eigenvalue weighted by Crippen LogP contribution is 2.32. The number of hydrogen-bond acceptors (Lipinski definition) is 11. The molecule has 2 aromatic carbocycles. The molecule has 2 heterocycles. The quantitative estimate of drug-likeness (QED) is 0.0971. The number of aryl methyl sites for hydroxylation is 2. The summed E-state index contributed by atoms with van der Waals surface area (Å²) < 4.78 is 34.5. The van der Waals surface area contributed by atoms with Gasteiger partial charge in [-0.1, -0.05) is 51.6 Å². The molecule has 0 unspecified atom stereocenters. The van der Waals surface area contributed by atoms with Gasteiger partial charge in [0.25, 0.3) is 0 Å². The van der Waals surface area contributed by atoms with E-state index in [1.54, 1.807) is 32.2 Å². The molecule has 0 aliphatic heterocycles. The lowest BCUT2D eigenvalue weighted by Crippen LogP contribution is -2.11. The van der Waals surface area contributed by atoms with Crippen molar-refractivity contribution in [2.24, 2.45) is 0 Å². The standard InChI is InChI=1S/C19H27N3O3S.C19H27N3OS/c1-7-20-18-15(11-21-19(22-18)26(6,23)24)9-14-10-17(25-5)13(4)8-16(14)12(2)3;1-7-20-18-15(11-21-19(22-18)24-6)9-14-10-17(23-5)13(4)8-16(14)12(2)3/h8,10-12H,7,9H2,1-6H3,(H,20,21,22);8,10-12H,7,9H2,1-6H3,(H,20,21,22). The Hall–Kier alpha value is -3.90. The molecule has 0 spiro atoms. The number of thioether (sulfide) groups is 1. The zero-order valence-corrected chi connectivity index (χ0v) is 33.3. The van der Waals surface area contributed by atoms with Crippen molar-refractivity contribution < 1.29 is 17.9 Å². The van der Waals surface area contributed by atoms with Crippen LogP contribution < -0.4 is 20.1 Å². The van der Waals surface area contributed by atoms with Gasteiger partial charge in [0.15, 0.2) is 5.16 Å². The fraction of sp³-hybridized carbons (Fsp3) is 0.474. The second-order valence-electron chi connectivity index (χ2n) is 12.8. The first-order valence-electron chi connectivity index (χ1n) is 16.9. The Labute approximate surface area is 303 Å². The third kappa shape index (κ3) is 10.6. The van der Waals surface area contributed by atoms with Gasteiger partial charge >= 0.3 is 0 Å². The first-order valence-corrected chi connectivity index (χ1v) is 20.1. The third-order valence-electron chi connectivity index (χ3n) is 8.21. The van der Waals surface area contributed by atoms with Gasteiger partial charge < -0.3 is 20.1 Å². The van der Waals surface area contributed by atoms with E-state index in [-0.39, 0.29) is 5.16 Å². The van der Waals surface area contributed by atoms with Crippen LogP contribution in [-0.2, 0) is 22.7 Å². The topological polar surface area (TPSA) is 128 Å². The molecule has 12 heteroatoms. The highest BCUT2D eigenvalue weighted by molar-refractivity contribution is 7.98. The molecule has 272 valence electrons. The molecule has 2 N–H and O–H groups in total. The fourth-order valence-electron chi connectivity index (χ4n) is 5.69. The lowest BCUT2D eigenvalue weighted by molar-refractivity contribution is 0.411. The average Bonchev–Trinajstić information content (AvgIpc) is 3.07. The molecule has 0 aliphatic carbocycles. The van der Waals surface area contributed by atoms with Gasteiger partial charge in [-0.15, -0.1) is 0 Å². The Morgan fingerprint density at radius 2 is 1.16 bits per heavy atom. The van der Waals surface area contributed by atoms with Crippen molar-refractivity contribution in [3.8, 4) is 11.5 Å². The summed E-state index contributed by atoms with van der Waals surface area (Å²) in [4.78, 5) is 17.3. The van der Waals surface area contributed by atoms with Crippen LogP contribution in [0.15, 0.2) is 47.0 Å². The molecular formula is C38H54N6O4S2. The first-order chi connectivity index (χ1) is 23.7. The molecule has 0 radical (unpaired) electrons. The molecule has 0 fully saturated rings. The van der Waals surface area contributed by atoms with Crippen LogP contribution in [0.1, 0.15) is 97.9 Å². The number of methoxy groups -OCH3 is 2. The van der Waals surface area contributed by atoms with E-state index >= 15 is 0 Å². The van der Waals surface area contributed by atoms with E-state index in [1.165, 1.54) is 22.3 Å². The van der Waals surface area contributed by atoms with E-state index < -0.39 is 9.84 Å². The lowest BCUT2D eigenvalue weighted by Gasteiger charge is -2.18. The number of anilines is 2. The van der Waals surface area contributed by atoms with Crippen LogP contribution in [-0.4, -0.2) is 68.2 Å². The number of sulfone groups is 1. The number of benzene rings is 2. The highest BCUT2D eigenvalue weighted by Gasteiger charge is 2.18. The number of ether oxygens (including phenoxy) is 2. The molecule has 50 heavy (non-hydrogen) atoms. The summed E-state index contributed by atoms with van der Waals surface area (Å²) in [6.07, 6.45) is 8.02. The summed E-state index contributed by atoms with van der Waals surface area (Å²) in [5, 5.41) is 7.14. The van der Waals surface area contributed by atoms with E-state index in [0.717, 1.165) is 63.9 Å². The Kier molecular flexibility index (Phi) is 14.9. The maximum absolute atomic E-state index is 11.8. The molecule has 0 amide bonds. The maximum atomic E-state index is 11.8. The van der Waals surface area contributed by atoms with Crippen molar-refractivity contribution >= 4 is 33.2 Å². The molecule has 0 aliphatic rings. The van der Waals surface area contributed by atoms with E-state index in [1.807, 2.05) is 32.4 Å². The van der Waals surface area contributed by atoms with Gasteiger partial charge in [-0.3, -0.25) is 0 Å². The number of hydrogen-bond donors (Lipinski definition) is 2. The van der Waals surface area contributed by atoms with Crippen molar-refractivity contribution in [3.63, 3.8) is 0 Å². The number of aromatic nitrogens is 4. The van der Waals surface area contributed by atoms with Gasteiger partial charge in [-0.25, -0.2) is 28.4 Å². The predicted octanol–water partition coefficient (Wildman–Crippen LogP) is 8.00. The zero-order chi connectivity index (χ0) is 37.2. The fourth-order valence-corrected chi connectivity index (χ4v) is 6.54.